The zero-order valence-corrected chi connectivity index (χ0v) is 20.9. The predicted molar refractivity (Wildman–Crippen MR) is 136 cm³/mol. The van der Waals surface area contributed by atoms with Crippen LogP contribution in [0.25, 0.3) is 0 Å². The van der Waals surface area contributed by atoms with Crippen LogP contribution in [0, 0.1) is 0 Å². The molecule has 2 amide bonds. The minimum absolute atomic E-state index is 0.0897. The van der Waals surface area contributed by atoms with Crippen LogP contribution in [0.4, 0.5) is 0 Å². The fourth-order valence-electron chi connectivity index (χ4n) is 5.88. The van der Waals surface area contributed by atoms with E-state index in [4.69, 9.17) is 21.1 Å². The number of carbonyl (C=O) groups is 2. The van der Waals surface area contributed by atoms with E-state index in [-0.39, 0.29) is 24.0 Å². The molecule has 8 heteroatoms. The van der Waals surface area contributed by atoms with Crippen molar-refractivity contribution in [1.82, 2.24) is 15.1 Å². The molecule has 2 saturated heterocycles. The second-order valence-electron chi connectivity index (χ2n) is 10.2. The van der Waals surface area contributed by atoms with E-state index in [0.29, 0.717) is 41.7 Å². The molecule has 4 aliphatic rings. The van der Waals surface area contributed by atoms with Crippen molar-refractivity contribution >= 4 is 23.4 Å². The molecule has 0 spiro atoms. The molecule has 1 aliphatic carbocycles. The van der Waals surface area contributed by atoms with Crippen LogP contribution in [0.15, 0.2) is 54.7 Å². The van der Waals surface area contributed by atoms with Crippen molar-refractivity contribution in [2.45, 2.75) is 62.9 Å². The van der Waals surface area contributed by atoms with Crippen LogP contribution in [0.3, 0.4) is 0 Å². The number of ether oxygens (including phenoxy) is 2. The van der Waals surface area contributed by atoms with Crippen molar-refractivity contribution in [3.05, 3.63) is 70.9 Å². The maximum absolute atomic E-state index is 13.0. The number of likely N-dealkylation sites (tertiary alicyclic amines) is 1. The molecule has 1 N–H and O–H groups in total. The number of nitrogens with zero attached hydrogens (tertiary/aromatic N) is 2. The summed E-state index contributed by atoms with van der Waals surface area (Å²) in [5.74, 6) is 1.28. The van der Waals surface area contributed by atoms with E-state index in [1.807, 2.05) is 42.5 Å². The normalized spacial score (nSPS) is 26.5. The van der Waals surface area contributed by atoms with Gasteiger partial charge in [-0.2, -0.15) is 0 Å². The van der Waals surface area contributed by atoms with Gasteiger partial charge in [0.15, 0.2) is 0 Å². The number of allylic oxidation sites excluding steroid dienone is 1. The highest BCUT2D eigenvalue weighted by Gasteiger charge is 2.42. The molecule has 0 radical (unpaired) electrons. The average molecular weight is 508 g/mol. The lowest BCUT2D eigenvalue weighted by atomic mass is 10.0. The highest BCUT2D eigenvalue weighted by Crippen LogP contribution is 2.35. The number of fused-ring (bicyclic) bond motifs is 1. The minimum Gasteiger partial charge on any atom is -0.489 e. The molecule has 2 aromatic rings. The Morgan fingerprint density at radius 3 is 2.67 bits per heavy atom. The largest absolute Gasteiger partial charge is 0.489 e. The molecule has 3 heterocycles. The zero-order chi connectivity index (χ0) is 24.8. The Morgan fingerprint density at radius 2 is 1.86 bits per heavy atom. The summed E-state index contributed by atoms with van der Waals surface area (Å²) in [4.78, 5) is 29.6. The van der Waals surface area contributed by atoms with Crippen LogP contribution in [0.5, 0.6) is 11.5 Å². The van der Waals surface area contributed by atoms with Crippen LogP contribution in [-0.4, -0.2) is 59.0 Å². The summed E-state index contributed by atoms with van der Waals surface area (Å²) in [6.45, 7) is 5.98. The predicted octanol–water partition coefficient (Wildman–Crippen LogP) is 4.15. The van der Waals surface area contributed by atoms with Crippen LogP contribution in [0.2, 0.25) is 5.02 Å². The van der Waals surface area contributed by atoms with Crippen molar-refractivity contribution in [1.29, 1.82) is 0 Å². The number of nitrogens with one attached hydrogen (secondary N) is 1. The van der Waals surface area contributed by atoms with Gasteiger partial charge in [0.1, 0.15) is 29.7 Å². The van der Waals surface area contributed by atoms with E-state index in [1.54, 1.807) is 4.90 Å². The first-order valence-electron chi connectivity index (χ1n) is 12.7. The zero-order valence-electron chi connectivity index (χ0n) is 20.1. The van der Waals surface area contributed by atoms with Crippen LogP contribution < -0.4 is 14.8 Å². The van der Waals surface area contributed by atoms with Gasteiger partial charge in [-0.05, 0) is 68.0 Å². The molecule has 6 rings (SSSR count). The summed E-state index contributed by atoms with van der Waals surface area (Å²) in [7, 11) is 0. The Hall–Kier alpha value is -3.03. The first kappa shape index (κ1) is 23.4. The molecule has 3 atom stereocenters. The number of carbonyl (C=O) groups excluding carboxylic acids is 2. The summed E-state index contributed by atoms with van der Waals surface area (Å²) < 4.78 is 12.5. The third-order valence-electron chi connectivity index (χ3n) is 7.79. The van der Waals surface area contributed by atoms with E-state index < -0.39 is 6.04 Å². The lowest BCUT2D eigenvalue weighted by Crippen LogP contribution is -2.60. The van der Waals surface area contributed by atoms with E-state index in [9.17, 15) is 9.59 Å². The lowest BCUT2D eigenvalue weighted by molar-refractivity contribution is -0.126. The fourth-order valence-corrected chi connectivity index (χ4v) is 6.06. The molecule has 0 aromatic heterocycles. The van der Waals surface area contributed by atoms with Crippen molar-refractivity contribution in [3.8, 4) is 11.5 Å². The molecule has 3 aliphatic heterocycles. The first-order chi connectivity index (χ1) is 17.5. The third-order valence-corrected chi connectivity index (χ3v) is 8.10. The maximum atomic E-state index is 13.0. The highest BCUT2D eigenvalue weighted by atomic mass is 35.5. The lowest BCUT2D eigenvalue weighted by Gasteiger charge is -2.44. The van der Waals surface area contributed by atoms with Gasteiger partial charge in [-0.1, -0.05) is 30.3 Å². The van der Waals surface area contributed by atoms with Gasteiger partial charge < -0.3 is 19.7 Å². The van der Waals surface area contributed by atoms with Crippen LogP contribution >= 0.6 is 11.6 Å². The maximum Gasteiger partial charge on any atom is 0.255 e. The van der Waals surface area contributed by atoms with Gasteiger partial charge in [0.25, 0.3) is 5.91 Å². The monoisotopic (exact) mass is 507 g/mol. The average Bonchev–Trinajstić information content (AvgIpc) is 3.41. The Labute approximate surface area is 216 Å². The smallest absolute Gasteiger partial charge is 0.255 e. The van der Waals surface area contributed by atoms with Gasteiger partial charge in [-0.3, -0.25) is 14.5 Å². The Kier molecular flexibility index (Phi) is 6.13. The topological polar surface area (TPSA) is 71.1 Å². The van der Waals surface area contributed by atoms with Gasteiger partial charge in [0.2, 0.25) is 5.91 Å². The molecule has 7 nitrogen and oxygen atoms in total. The second-order valence-corrected chi connectivity index (χ2v) is 10.6. The summed E-state index contributed by atoms with van der Waals surface area (Å²) in [6, 6.07) is 13.2. The van der Waals surface area contributed by atoms with Gasteiger partial charge >= 0.3 is 0 Å². The molecule has 0 bridgehead atoms. The second kappa shape index (κ2) is 9.45. The Bertz CT molecular complexity index is 1210. The van der Waals surface area contributed by atoms with Gasteiger partial charge in [-0.15, -0.1) is 0 Å². The summed E-state index contributed by atoms with van der Waals surface area (Å²) in [5.41, 5.74) is 2.29. The summed E-state index contributed by atoms with van der Waals surface area (Å²) in [5, 5.41) is 3.43. The van der Waals surface area contributed by atoms with Crippen LogP contribution in [0.1, 0.15) is 48.0 Å². The summed E-state index contributed by atoms with van der Waals surface area (Å²) in [6.07, 6.45) is 4.77. The number of amides is 2. The highest BCUT2D eigenvalue weighted by molar-refractivity contribution is 6.32. The van der Waals surface area contributed by atoms with Gasteiger partial charge in [0, 0.05) is 36.9 Å². The van der Waals surface area contributed by atoms with Crippen molar-refractivity contribution in [3.63, 3.8) is 0 Å². The fraction of sp³-hybridized carbons (Fsp3) is 0.429. The number of halogens is 1. The summed E-state index contributed by atoms with van der Waals surface area (Å²) >= 11 is 6.24. The molecule has 1 unspecified atom stereocenters. The number of hydrogen-bond donors (Lipinski definition) is 1. The molecule has 1 saturated carbocycles. The number of benzene rings is 2. The number of piperidine rings is 1. The van der Waals surface area contributed by atoms with Crippen LogP contribution in [-0.2, 0) is 11.3 Å². The molecule has 36 heavy (non-hydrogen) atoms. The molecule has 3 fully saturated rings. The van der Waals surface area contributed by atoms with E-state index in [2.05, 4.69) is 16.8 Å². The SMILES string of the molecule is C=C1CCC(N2Cc3cc(O[C@H]4CCC[C@@H]4N4CC(Oc5ccccc5Cl)C4)ccc3C2=O)C(=O)N1. The number of rotatable bonds is 6. The Balaban J connectivity index is 1.07. The van der Waals surface area contributed by atoms with E-state index >= 15 is 0 Å². The molecule has 2 aromatic carbocycles. The number of para-hydroxylation sites is 1. The van der Waals surface area contributed by atoms with Gasteiger partial charge in [-0.25, -0.2) is 0 Å². The van der Waals surface area contributed by atoms with Crippen molar-refractivity contribution in [2.75, 3.05) is 13.1 Å². The molecular formula is C28H30ClN3O4. The first-order valence-corrected chi connectivity index (χ1v) is 13.1. The quantitative estimate of drug-likeness (QED) is 0.636. The minimum atomic E-state index is -0.452. The number of hydrogen-bond acceptors (Lipinski definition) is 5. The Morgan fingerprint density at radius 1 is 1.03 bits per heavy atom. The van der Waals surface area contributed by atoms with E-state index in [0.717, 1.165) is 49.4 Å². The van der Waals surface area contributed by atoms with E-state index in [1.165, 1.54) is 0 Å². The molecular weight excluding hydrogens is 478 g/mol. The standard InChI is InChI=1S/C28H30ClN3O4/c1-17-9-12-24(27(33)30-17)32-14-18-13-19(10-11-21(18)28(32)34)35-26-8-4-6-23(26)31-15-20(16-31)36-25-7-3-2-5-22(25)29/h2-3,5,7,10-11,13,20,23-24,26H,1,4,6,8-9,12,14-16H2,(H,30,33)/t23-,24?,26-/m0/s1. The van der Waals surface area contributed by atoms with Crippen molar-refractivity contribution < 1.29 is 19.1 Å². The van der Waals surface area contributed by atoms with Crippen molar-refractivity contribution in [2.24, 2.45) is 0 Å². The molecule has 188 valence electrons. The van der Waals surface area contributed by atoms with Gasteiger partial charge in [0.05, 0.1) is 5.02 Å². The third kappa shape index (κ3) is 4.35.